The fourth-order valence-electron chi connectivity index (χ4n) is 1.85. The summed E-state index contributed by atoms with van der Waals surface area (Å²) in [5, 5.41) is 8.58. The number of carboxylic acid groups (broad SMARTS) is 1. The van der Waals surface area contributed by atoms with Crippen LogP contribution in [0.2, 0.25) is 0 Å². The molecule has 0 saturated carbocycles. The van der Waals surface area contributed by atoms with Crippen LogP contribution in [0.3, 0.4) is 0 Å². The molecule has 1 N–H and O–H groups in total. The molecule has 15 heavy (non-hydrogen) atoms. The molecule has 2 rings (SSSR count). The number of fused-ring (bicyclic) bond motifs is 1. The Hall–Kier alpha value is -1.51. The second kappa shape index (κ2) is 3.93. The highest BCUT2D eigenvalue weighted by Gasteiger charge is 2.18. The summed E-state index contributed by atoms with van der Waals surface area (Å²) in [5.74, 6) is 0.162. The molecule has 1 unspecified atom stereocenters. The standard InChI is InChI=1S/C12H14O3/c1-8-6-10-4-2-9(3-5-12(13)14)7-11(10)15-8/h2,4,7-8H,3,5-6H2,1H3,(H,13,14). The number of benzene rings is 1. The van der Waals surface area contributed by atoms with E-state index in [0.29, 0.717) is 6.42 Å². The summed E-state index contributed by atoms with van der Waals surface area (Å²) in [6, 6.07) is 5.99. The van der Waals surface area contributed by atoms with Gasteiger partial charge in [0.2, 0.25) is 0 Å². The van der Waals surface area contributed by atoms with Crippen LogP contribution in [-0.4, -0.2) is 17.2 Å². The highest BCUT2D eigenvalue weighted by atomic mass is 16.5. The Morgan fingerprint density at radius 1 is 1.60 bits per heavy atom. The van der Waals surface area contributed by atoms with Crippen molar-refractivity contribution in [3.63, 3.8) is 0 Å². The van der Waals surface area contributed by atoms with Crippen LogP contribution in [0.15, 0.2) is 18.2 Å². The number of carbonyl (C=O) groups is 1. The van der Waals surface area contributed by atoms with Gasteiger partial charge in [-0.3, -0.25) is 4.79 Å². The lowest BCUT2D eigenvalue weighted by Gasteiger charge is -2.04. The minimum absolute atomic E-state index is 0.175. The number of hydrogen-bond donors (Lipinski definition) is 1. The smallest absolute Gasteiger partial charge is 0.303 e. The van der Waals surface area contributed by atoms with Gasteiger partial charge in [0.1, 0.15) is 11.9 Å². The van der Waals surface area contributed by atoms with Crippen LogP contribution < -0.4 is 4.74 Å². The lowest BCUT2D eigenvalue weighted by atomic mass is 10.0. The summed E-state index contributed by atoms with van der Waals surface area (Å²) in [6.45, 7) is 2.04. The summed E-state index contributed by atoms with van der Waals surface area (Å²) in [6.07, 6.45) is 1.94. The predicted octanol–water partition coefficient (Wildman–Crippen LogP) is 2.03. The average molecular weight is 206 g/mol. The van der Waals surface area contributed by atoms with E-state index in [1.165, 1.54) is 5.56 Å². The molecule has 0 radical (unpaired) electrons. The van der Waals surface area contributed by atoms with Crippen molar-refractivity contribution < 1.29 is 14.6 Å². The molecule has 1 aromatic carbocycles. The predicted molar refractivity (Wildman–Crippen MR) is 56.2 cm³/mol. The normalized spacial score (nSPS) is 18.3. The van der Waals surface area contributed by atoms with Crippen LogP contribution in [0.1, 0.15) is 24.5 Å². The van der Waals surface area contributed by atoms with Crippen molar-refractivity contribution in [3.8, 4) is 5.75 Å². The Labute approximate surface area is 88.7 Å². The Bertz CT molecular complexity index is 384. The number of carboxylic acids is 1. The molecule has 0 aliphatic carbocycles. The maximum atomic E-state index is 10.4. The summed E-state index contributed by atoms with van der Waals surface area (Å²) in [5.41, 5.74) is 2.26. The second-order valence-corrected chi connectivity index (χ2v) is 3.97. The molecule has 1 aromatic rings. The van der Waals surface area contributed by atoms with Gasteiger partial charge in [-0.25, -0.2) is 0 Å². The molecule has 80 valence electrons. The summed E-state index contributed by atoms with van der Waals surface area (Å²) >= 11 is 0. The summed E-state index contributed by atoms with van der Waals surface area (Å²) in [4.78, 5) is 10.4. The molecular formula is C12H14O3. The molecule has 1 aliphatic heterocycles. The molecule has 1 atom stereocenters. The zero-order valence-electron chi connectivity index (χ0n) is 8.69. The fourth-order valence-corrected chi connectivity index (χ4v) is 1.85. The first-order valence-electron chi connectivity index (χ1n) is 5.15. The maximum Gasteiger partial charge on any atom is 0.303 e. The minimum Gasteiger partial charge on any atom is -0.490 e. The number of hydrogen-bond acceptors (Lipinski definition) is 2. The first-order valence-corrected chi connectivity index (χ1v) is 5.15. The zero-order chi connectivity index (χ0) is 10.8. The fraction of sp³-hybridized carbons (Fsp3) is 0.417. The van der Waals surface area contributed by atoms with E-state index in [1.807, 2.05) is 25.1 Å². The summed E-state index contributed by atoms with van der Waals surface area (Å²) in [7, 11) is 0. The van der Waals surface area contributed by atoms with Gasteiger partial charge in [0, 0.05) is 12.8 Å². The van der Waals surface area contributed by atoms with Crippen LogP contribution in [-0.2, 0) is 17.6 Å². The Morgan fingerprint density at radius 3 is 3.13 bits per heavy atom. The lowest BCUT2D eigenvalue weighted by Crippen LogP contribution is -2.05. The van der Waals surface area contributed by atoms with Gasteiger partial charge in [0.15, 0.2) is 0 Å². The molecule has 0 spiro atoms. The Kier molecular flexibility index (Phi) is 2.62. The van der Waals surface area contributed by atoms with Gasteiger partial charge < -0.3 is 9.84 Å². The van der Waals surface area contributed by atoms with Crippen molar-refractivity contribution in [2.24, 2.45) is 0 Å². The quantitative estimate of drug-likeness (QED) is 0.823. The van der Waals surface area contributed by atoms with Crippen molar-refractivity contribution in [3.05, 3.63) is 29.3 Å². The Morgan fingerprint density at radius 2 is 2.40 bits per heavy atom. The first kappa shape index (κ1) is 10.0. The lowest BCUT2D eigenvalue weighted by molar-refractivity contribution is -0.136. The largest absolute Gasteiger partial charge is 0.490 e. The monoisotopic (exact) mass is 206 g/mol. The third-order valence-electron chi connectivity index (χ3n) is 2.59. The summed E-state index contributed by atoms with van der Waals surface area (Å²) < 4.78 is 5.61. The van der Waals surface area contributed by atoms with Gasteiger partial charge in [0.05, 0.1) is 0 Å². The highest BCUT2D eigenvalue weighted by Crippen LogP contribution is 2.29. The van der Waals surface area contributed by atoms with E-state index in [0.717, 1.165) is 17.7 Å². The first-order chi connectivity index (χ1) is 7.15. The molecule has 1 aliphatic rings. The van der Waals surface area contributed by atoms with Crippen molar-refractivity contribution in [1.82, 2.24) is 0 Å². The van der Waals surface area contributed by atoms with Crippen LogP contribution in [0, 0.1) is 0 Å². The van der Waals surface area contributed by atoms with E-state index in [-0.39, 0.29) is 12.5 Å². The zero-order valence-corrected chi connectivity index (χ0v) is 8.69. The van der Waals surface area contributed by atoms with Crippen LogP contribution in [0.25, 0.3) is 0 Å². The van der Waals surface area contributed by atoms with Gasteiger partial charge >= 0.3 is 5.97 Å². The molecule has 3 nitrogen and oxygen atoms in total. The molecule has 0 aromatic heterocycles. The SMILES string of the molecule is CC1Cc2ccc(CCC(=O)O)cc2O1. The third-order valence-corrected chi connectivity index (χ3v) is 2.59. The molecule has 0 fully saturated rings. The van der Waals surface area contributed by atoms with E-state index in [9.17, 15) is 4.79 Å². The van der Waals surface area contributed by atoms with Crippen molar-refractivity contribution >= 4 is 5.97 Å². The van der Waals surface area contributed by atoms with E-state index in [2.05, 4.69) is 0 Å². The van der Waals surface area contributed by atoms with Gasteiger partial charge in [-0.15, -0.1) is 0 Å². The second-order valence-electron chi connectivity index (χ2n) is 3.97. The number of aliphatic carboxylic acids is 1. The van der Waals surface area contributed by atoms with E-state index in [1.54, 1.807) is 0 Å². The van der Waals surface area contributed by atoms with Crippen molar-refractivity contribution in [1.29, 1.82) is 0 Å². The van der Waals surface area contributed by atoms with Crippen molar-refractivity contribution in [2.45, 2.75) is 32.3 Å². The Balaban J connectivity index is 2.09. The van der Waals surface area contributed by atoms with Gasteiger partial charge in [-0.05, 0) is 30.5 Å². The molecular weight excluding hydrogens is 192 g/mol. The number of aryl methyl sites for hydroxylation is 1. The molecule has 0 amide bonds. The maximum absolute atomic E-state index is 10.4. The third kappa shape index (κ3) is 2.29. The van der Waals surface area contributed by atoms with E-state index >= 15 is 0 Å². The number of ether oxygens (including phenoxy) is 1. The topological polar surface area (TPSA) is 46.5 Å². The molecule has 0 saturated heterocycles. The average Bonchev–Trinajstić information content (AvgIpc) is 2.53. The van der Waals surface area contributed by atoms with E-state index in [4.69, 9.17) is 9.84 Å². The van der Waals surface area contributed by atoms with Gasteiger partial charge in [0.25, 0.3) is 0 Å². The van der Waals surface area contributed by atoms with Gasteiger partial charge in [-0.2, -0.15) is 0 Å². The molecule has 1 heterocycles. The van der Waals surface area contributed by atoms with Crippen LogP contribution in [0.5, 0.6) is 5.75 Å². The minimum atomic E-state index is -0.759. The van der Waals surface area contributed by atoms with E-state index < -0.39 is 5.97 Å². The van der Waals surface area contributed by atoms with Gasteiger partial charge in [-0.1, -0.05) is 12.1 Å². The van der Waals surface area contributed by atoms with Crippen LogP contribution in [0.4, 0.5) is 0 Å². The number of rotatable bonds is 3. The highest BCUT2D eigenvalue weighted by molar-refractivity contribution is 5.67. The van der Waals surface area contributed by atoms with Crippen LogP contribution >= 0.6 is 0 Å². The molecule has 3 heteroatoms. The molecule has 0 bridgehead atoms. The van der Waals surface area contributed by atoms with Crippen molar-refractivity contribution in [2.75, 3.05) is 0 Å².